The highest BCUT2D eigenvalue weighted by molar-refractivity contribution is 5.98. The molecule has 1 atom stereocenters. The van der Waals surface area contributed by atoms with Gasteiger partial charge in [0.05, 0.1) is 24.5 Å². The molecule has 3 heterocycles. The molecule has 42 heavy (non-hydrogen) atoms. The Hall–Kier alpha value is -4.12. The molecule has 1 amide bonds. The molecule has 0 radical (unpaired) electrons. The second-order valence-electron chi connectivity index (χ2n) is 11.1. The molecule has 2 N–H and O–H groups in total. The number of nitrogens with zero attached hydrogens (tertiary/aromatic N) is 4. The van der Waals surface area contributed by atoms with Gasteiger partial charge in [-0.2, -0.15) is 0 Å². The third kappa shape index (κ3) is 5.65. The van der Waals surface area contributed by atoms with Crippen LogP contribution >= 0.6 is 0 Å². The minimum absolute atomic E-state index is 0.0538. The van der Waals surface area contributed by atoms with Crippen molar-refractivity contribution in [3.05, 3.63) is 82.2 Å². The molecule has 2 aromatic carbocycles. The maximum absolute atomic E-state index is 13.5. The van der Waals surface area contributed by atoms with Gasteiger partial charge in [0.15, 0.2) is 0 Å². The van der Waals surface area contributed by atoms with E-state index in [4.69, 9.17) is 14.5 Å². The van der Waals surface area contributed by atoms with Gasteiger partial charge in [0.25, 0.3) is 0 Å². The average molecular weight is 569 g/mol. The second-order valence-corrected chi connectivity index (χ2v) is 11.1. The van der Waals surface area contributed by atoms with Crippen LogP contribution in [-0.2, 0) is 27.1 Å². The van der Waals surface area contributed by atoms with Crippen LogP contribution in [-0.4, -0.2) is 91.2 Å². The number of fused-ring (bicyclic) bond motifs is 2. The van der Waals surface area contributed by atoms with E-state index in [2.05, 4.69) is 44.6 Å². The molecule has 6 rings (SSSR count). The number of anilines is 3. The predicted octanol–water partition coefficient (Wildman–Crippen LogP) is 3.43. The number of nitrogens with one attached hydrogen (secondary N) is 2. The Labute approximate surface area is 245 Å². The highest BCUT2D eigenvalue weighted by Crippen LogP contribution is 2.37. The Balaban J connectivity index is 1.22. The van der Waals surface area contributed by atoms with Crippen molar-refractivity contribution in [2.24, 2.45) is 0 Å². The van der Waals surface area contributed by atoms with Gasteiger partial charge in [-0.05, 0) is 60.8 Å². The molecule has 0 bridgehead atoms. The van der Waals surface area contributed by atoms with E-state index in [1.54, 1.807) is 19.4 Å². The third-order valence-corrected chi connectivity index (χ3v) is 8.26. The molecule has 2 aliphatic heterocycles. The van der Waals surface area contributed by atoms with Crippen molar-refractivity contribution in [3.63, 3.8) is 0 Å². The fourth-order valence-electron chi connectivity index (χ4n) is 5.87. The predicted molar refractivity (Wildman–Crippen MR) is 161 cm³/mol. The lowest BCUT2D eigenvalue weighted by atomic mass is 9.99. The number of allylic oxidation sites excluding steroid dienone is 1. The lowest BCUT2D eigenvalue weighted by Gasteiger charge is -2.36. The van der Waals surface area contributed by atoms with Crippen LogP contribution in [0.3, 0.4) is 0 Å². The van der Waals surface area contributed by atoms with Gasteiger partial charge in [-0.3, -0.25) is 9.69 Å². The molecule has 218 valence electrons. The van der Waals surface area contributed by atoms with E-state index in [0.29, 0.717) is 37.6 Å². The lowest BCUT2D eigenvalue weighted by molar-refractivity contribution is -0.124. The molecule has 1 saturated heterocycles. The average Bonchev–Trinajstić information content (AvgIpc) is 3.43. The van der Waals surface area contributed by atoms with Crippen LogP contribution in [0.25, 0.3) is 5.57 Å². The summed E-state index contributed by atoms with van der Waals surface area (Å²) < 4.78 is 10.6. The first-order chi connectivity index (χ1) is 20.4. The molecule has 10 heteroatoms. The maximum Gasteiger partial charge on any atom is 0.338 e. The summed E-state index contributed by atoms with van der Waals surface area (Å²) in [4.78, 5) is 39.5. The number of aryl methyl sites for hydroxylation is 1. The van der Waals surface area contributed by atoms with Crippen LogP contribution < -0.4 is 10.6 Å². The lowest BCUT2D eigenvalue weighted by Crippen LogP contribution is -2.54. The fourth-order valence-corrected chi connectivity index (χ4v) is 5.87. The summed E-state index contributed by atoms with van der Waals surface area (Å²) in [6.07, 6.45) is 5.35. The maximum atomic E-state index is 13.5. The molecule has 1 fully saturated rings. The number of methoxy groups -OCH3 is 1. The van der Waals surface area contributed by atoms with Gasteiger partial charge in [0.1, 0.15) is 6.04 Å². The zero-order valence-electron chi connectivity index (χ0n) is 24.3. The highest BCUT2D eigenvalue weighted by Gasteiger charge is 2.30. The molecular weight excluding hydrogens is 532 g/mol. The number of rotatable bonds is 8. The van der Waals surface area contributed by atoms with Crippen molar-refractivity contribution < 1.29 is 19.1 Å². The van der Waals surface area contributed by atoms with Gasteiger partial charge in [-0.25, -0.2) is 14.8 Å². The molecule has 0 spiro atoms. The first-order valence-corrected chi connectivity index (χ1v) is 14.4. The number of hydrogen-bond donors (Lipinski definition) is 2. The van der Waals surface area contributed by atoms with Crippen LogP contribution in [0, 0.1) is 6.92 Å². The normalized spacial score (nSPS) is 17.6. The summed E-state index contributed by atoms with van der Waals surface area (Å²) in [6, 6.07) is 11.3. The molecule has 10 nitrogen and oxygen atoms in total. The Morgan fingerprint density at radius 1 is 1.14 bits per heavy atom. The molecule has 1 aliphatic carbocycles. The Morgan fingerprint density at radius 2 is 1.98 bits per heavy atom. The summed E-state index contributed by atoms with van der Waals surface area (Å²) >= 11 is 0. The van der Waals surface area contributed by atoms with E-state index in [1.165, 1.54) is 0 Å². The zero-order chi connectivity index (χ0) is 29.2. The monoisotopic (exact) mass is 568 g/mol. The zero-order valence-corrected chi connectivity index (χ0v) is 24.3. The summed E-state index contributed by atoms with van der Waals surface area (Å²) in [5.41, 5.74) is 7.96. The van der Waals surface area contributed by atoms with E-state index in [0.717, 1.165) is 71.1 Å². The second kappa shape index (κ2) is 12.0. The van der Waals surface area contributed by atoms with E-state index < -0.39 is 0 Å². The van der Waals surface area contributed by atoms with Gasteiger partial charge < -0.3 is 25.0 Å². The van der Waals surface area contributed by atoms with Crippen molar-refractivity contribution in [1.29, 1.82) is 0 Å². The van der Waals surface area contributed by atoms with Crippen molar-refractivity contribution in [2.45, 2.75) is 25.8 Å². The summed E-state index contributed by atoms with van der Waals surface area (Å²) in [7, 11) is 3.74. The van der Waals surface area contributed by atoms with Crippen molar-refractivity contribution >= 4 is 34.8 Å². The number of benzene rings is 2. The van der Waals surface area contributed by atoms with Gasteiger partial charge in [0, 0.05) is 62.9 Å². The van der Waals surface area contributed by atoms with E-state index in [-0.39, 0.29) is 17.9 Å². The largest absolute Gasteiger partial charge is 0.462 e. The smallest absolute Gasteiger partial charge is 0.338 e. The number of aromatic nitrogens is 2. The number of esters is 1. The standard InChI is InChI=1S/C32H36N6O4/c1-20-18-33-32(34-22-8-7-21-11-16-42-31(40)26(21)17-22)36-29(20)25-10-9-24-23(25)5-4-6-27(24)35-30(39)28(19-41-3)38-14-12-37(2)13-15-38/h4-8,10,17-18,28H,9,11-16,19H2,1-3H3,(H,35,39)(H,33,34,36)/t28-/m1/s1. The summed E-state index contributed by atoms with van der Waals surface area (Å²) in [5, 5.41) is 6.46. The number of amides is 1. The van der Waals surface area contributed by atoms with Crippen molar-refractivity contribution in [1.82, 2.24) is 19.8 Å². The van der Waals surface area contributed by atoms with Gasteiger partial charge in [0.2, 0.25) is 11.9 Å². The van der Waals surface area contributed by atoms with E-state index in [9.17, 15) is 9.59 Å². The Morgan fingerprint density at radius 3 is 2.79 bits per heavy atom. The molecule has 3 aromatic rings. The number of carbonyl (C=O) groups excluding carboxylic acids is 2. The third-order valence-electron chi connectivity index (χ3n) is 8.26. The topological polar surface area (TPSA) is 109 Å². The molecule has 3 aliphatic rings. The van der Waals surface area contributed by atoms with E-state index >= 15 is 0 Å². The van der Waals surface area contributed by atoms with Crippen LogP contribution in [0.15, 0.2) is 48.7 Å². The van der Waals surface area contributed by atoms with Crippen LogP contribution in [0.2, 0.25) is 0 Å². The number of cyclic esters (lactones) is 1. The first kappa shape index (κ1) is 28.0. The van der Waals surface area contributed by atoms with Crippen LogP contribution in [0.1, 0.15) is 38.3 Å². The quantitative estimate of drug-likeness (QED) is 0.395. The molecule has 0 saturated carbocycles. The van der Waals surface area contributed by atoms with Gasteiger partial charge >= 0.3 is 5.97 Å². The SMILES string of the molecule is COC[C@H](C(=O)Nc1cccc2c1CC=C2c1nc(Nc2ccc3c(c2)C(=O)OCC3)ncc1C)N1CCN(C)CC1. The molecular formula is C32H36N6O4. The number of hydrogen-bond acceptors (Lipinski definition) is 9. The first-order valence-electron chi connectivity index (χ1n) is 14.4. The van der Waals surface area contributed by atoms with Crippen molar-refractivity contribution in [3.8, 4) is 0 Å². The molecule has 0 unspecified atom stereocenters. The number of likely N-dealkylation sites (N-methyl/N-ethyl adjacent to an activating group) is 1. The number of piperazine rings is 1. The number of ether oxygens (including phenoxy) is 2. The summed E-state index contributed by atoms with van der Waals surface area (Å²) in [6.45, 7) is 6.25. The van der Waals surface area contributed by atoms with Gasteiger partial charge in [-0.1, -0.05) is 24.3 Å². The number of carbonyl (C=O) groups is 2. The van der Waals surface area contributed by atoms with E-state index in [1.807, 2.05) is 31.2 Å². The molecule has 1 aromatic heterocycles. The minimum Gasteiger partial charge on any atom is -0.462 e. The Kier molecular flexibility index (Phi) is 8.01. The Bertz CT molecular complexity index is 1550. The minimum atomic E-state index is -0.350. The fraction of sp³-hybridized carbons (Fsp3) is 0.375. The summed E-state index contributed by atoms with van der Waals surface area (Å²) in [5.74, 6) is 0.0769. The van der Waals surface area contributed by atoms with Crippen molar-refractivity contribution in [2.75, 3.05) is 64.2 Å². The highest BCUT2D eigenvalue weighted by atomic mass is 16.5. The van der Waals surface area contributed by atoms with Crippen LogP contribution in [0.4, 0.5) is 17.3 Å². The van der Waals surface area contributed by atoms with Gasteiger partial charge in [-0.15, -0.1) is 0 Å². The van der Waals surface area contributed by atoms with Crippen LogP contribution in [0.5, 0.6) is 0 Å².